The van der Waals surface area contributed by atoms with Gasteiger partial charge in [-0.1, -0.05) is 0 Å². The summed E-state index contributed by atoms with van der Waals surface area (Å²) < 4.78 is 13.1. The number of H-pyrrole nitrogens is 1. The fraction of sp³-hybridized carbons (Fsp3) is 0.412. The maximum absolute atomic E-state index is 13.1. The first-order valence-electron chi connectivity index (χ1n) is 8.20. The van der Waals surface area contributed by atoms with E-state index >= 15 is 0 Å². The molecule has 1 saturated heterocycles. The number of hydrogen-bond donors (Lipinski definition) is 3. The van der Waals surface area contributed by atoms with E-state index in [1.54, 1.807) is 18.3 Å². The van der Waals surface area contributed by atoms with Gasteiger partial charge in [0.1, 0.15) is 5.82 Å². The normalized spacial score (nSPS) is 19.7. The second-order valence-electron chi connectivity index (χ2n) is 6.37. The SMILES string of the molecule is NC(=O)CN1CCN(Cc2cn[nH]c2-c2ccc(F)cc2)C[C@H](O)C1. The predicted molar refractivity (Wildman–Crippen MR) is 90.9 cm³/mol. The minimum Gasteiger partial charge on any atom is -0.390 e. The predicted octanol–water partition coefficient (Wildman–Crippen LogP) is 0.180. The molecule has 4 N–H and O–H groups in total. The summed E-state index contributed by atoms with van der Waals surface area (Å²) in [5.74, 6) is -0.677. The Kier molecular flexibility index (Phi) is 5.42. The first-order valence-corrected chi connectivity index (χ1v) is 8.20. The highest BCUT2D eigenvalue weighted by atomic mass is 19.1. The second-order valence-corrected chi connectivity index (χ2v) is 6.37. The third-order valence-corrected chi connectivity index (χ3v) is 4.29. The van der Waals surface area contributed by atoms with Gasteiger partial charge in [-0.3, -0.25) is 19.7 Å². The lowest BCUT2D eigenvalue weighted by molar-refractivity contribution is -0.119. The Hall–Kier alpha value is -2.29. The number of aromatic amines is 1. The number of β-amino-alcohol motifs (C(OH)–C–C–N with tert-alkyl or cyclic N) is 1. The maximum atomic E-state index is 13.1. The molecular formula is C17H22FN5O2. The summed E-state index contributed by atoms with van der Waals surface area (Å²) in [6, 6.07) is 6.24. The summed E-state index contributed by atoms with van der Waals surface area (Å²) in [5.41, 5.74) is 7.92. The van der Waals surface area contributed by atoms with Gasteiger partial charge in [-0.2, -0.15) is 5.10 Å². The van der Waals surface area contributed by atoms with E-state index in [1.807, 2.05) is 4.90 Å². The van der Waals surface area contributed by atoms with Crippen molar-refractivity contribution in [3.8, 4) is 11.3 Å². The van der Waals surface area contributed by atoms with Crippen LogP contribution in [0.2, 0.25) is 0 Å². The molecule has 0 unspecified atom stereocenters. The second kappa shape index (κ2) is 7.73. The van der Waals surface area contributed by atoms with Crippen molar-refractivity contribution in [3.63, 3.8) is 0 Å². The van der Waals surface area contributed by atoms with Crippen molar-refractivity contribution in [1.29, 1.82) is 0 Å². The zero-order valence-electron chi connectivity index (χ0n) is 13.9. The van der Waals surface area contributed by atoms with Crippen LogP contribution >= 0.6 is 0 Å². The average Bonchev–Trinajstić information content (AvgIpc) is 2.93. The fourth-order valence-corrected chi connectivity index (χ4v) is 3.17. The molecule has 2 aromatic rings. The minimum atomic E-state index is -0.553. The summed E-state index contributed by atoms with van der Waals surface area (Å²) in [6.07, 6.45) is 1.19. The van der Waals surface area contributed by atoms with Crippen molar-refractivity contribution in [3.05, 3.63) is 41.8 Å². The molecule has 0 aliphatic carbocycles. The highest BCUT2D eigenvalue weighted by molar-refractivity contribution is 5.75. The van der Waals surface area contributed by atoms with Crippen LogP contribution in [-0.4, -0.2) is 69.8 Å². The first-order chi connectivity index (χ1) is 12.0. The van der Waals surface area contributed by atoms with Crippen LogP contribution in [0.3, 0.4) is 0 Å². The number of nitrogens with one attached hydrogen (secondary N) is 1. The van der Waals surface area contributed by atoms with Gasteiger partial charge in [-0.05, 0) is 24.3 Å². The van der Waals surface area contributed by atoms with E-state index in [0.717, 1.165) is 16.8 Å². The number of benzene rings is 1. The van der Waals surface area contributed by atoms with Gasteiger partial charge in [0.05, 0.1) is 24.5 Å². The lowest BCUT2D eigenvalue weighted by Crippen LogP contribution is -2.38. The van der Waals surface area contributed by atoms with Gasteiger partial charge < -0.3 is 10.8 Å². The van der Waals surface area contributed by atoms with Gasteiger partial charge in [0.2, 0.25) is 5.91 Å². The zero-order chi connectivity index (χ0) is 17.8. The van der Waals surface area contributed by atoms with Crippen molar-refractivity contribution in [2.75, 3.05) is 32.7 Å². The van der Waals surface area contributed by atoms with E-state index < -0.39 is 12.0 Å². The van der Waals surface area contributed by atoms with E-state index in [9.17, 15) is 14.3 Å². The van der Waals surface area contributed by atoms with E-state index in [0.29, 0.717) is 32.7 Å². The maximum Gasteiger partial charge on any atom is 0.231 e. The molecule has 0 bridgehead atoms. The molecule has 7 nitrogen and oxygen atoms in total. The Morgan fingerprint density at radius 3 is 2.68 bits per heavy atom. The van der Waals surface area contributed by atoms with Crippen LogP contribution in [-0.2, 0) is 11.3 Å². The number of aromatic nitrogens is 2. The monoisotopic (exact) mass is 347 g/mol. The van der Waals surface area contributed by atoms with Crippen molar-refractivity contribution in [1.82, 2.24) is 20.0 Å². The molecule has 1 fully saturated rings. The lowest BCUT2D eigenvalue weighted by Gasteiger charge is -2.21. The molecule has 0 saturated carbocycles. The summed E-state index contributed by atoms with van der Waals surface area (Å²) in [5, 5.41) is 17.3. The standard InChI is InChI=1S/C17H22FN5O2/c18-14-3-1-12(2-4-14)17-13(7-20-21-17)8-22-5-6-23(11-16(19)25)10-15(24)9-22/h1-4,7,15,24H,5-6,8-11H2,(H2,19,25)(H,20,21)/t15-/m0/s1. The molecule has 2 heterocycles. The number of halogens is 1. The van der Waals surface area contributed by atoms with E-state index in [1.165, 1.54) is 12.1 Å². The van der Waals surface area contributed by atoms with Gasteiger partial charge in [0.25, 0.3) is 0 Å². The number of carbonyl (C=O) groups is 1. The highest BCUT2D eigenvalue weighted by Gasteiger charge is 2.23. The highest BCUT2D eigenvalue weighted by Crippen LogP contribution is 2.23. The Morgan fingerprint density at radius 1 is 1.28 bits per heavy atom. The Labute approximate surface area is 145 Å². The first kappa shape index (κ1) is 17.5. The molecule has 0 radical (unpaired) electrons. The zero-order valence-corrected chi connectivity index (χ0v) is 13.9. The molecule has 25 heavy (non-hydrogen) atoms. The molecule has 1 aliphatic rings. The topological polar surface area (TPSA) is 98.5 Å². The Balaban J connectivity index is 1.69. The number of carbonyl (C=O) groups excluding carboxylic acids is 1. The molecule has 1 amide bonds. The third kappa shape index (κ3) is 4.62. The summed E-state index contributed by atoms with van der Waals surface area (Å²) in [4.78, 5) is 15.1. The van der Waals surface area contributed by atoms with Crippen LogP contribution in [0, 0.1) is 5.82 Å². The number of nitrogens with zero attached hydrogens (tertiary/aromatic N) is 3. The van der Waals surface area contributed by atoms with E-state index in [-0.39, 0.29) is 12.4 Å². The van der Waals surface area contributed by atoms with Gasteiger partial charge >= 0.3 is 0 Å². The summed E-state index contributed by atoms with van der Waals surface area (Å²) in [6.45, 7) is 3.04. The van der Waals surface area contributed by atoms with Crippen molar-refractivity contribution < 1.29 is 14.3 Å². The number of amides is 1. The van der Waals surface area contributed by atoms with Gasteiger partial charge in [-0.15, -0.1) is 0 Å². The van der Waals surface area contributed by atoms with Gasteiger partial charge in [-0.25, -0.2) is 4.39 Å². The lowest BCUT2D eigenvalue weighted by atomic mass is 10.1. The van der Waals surface area contributed by atoms with Crippen LogP contribution < -0.4 is 5.73 Å². The van der Waals surface area contributed by atoms with Crippen LogP contribution in [0.25, 0.3) is 11.3 Å². The van der Waals surface area contributed by atoms with Crippen LogP contribution in [0.15, 0.2) is 30.5 Å². The number of rotatable bonds is 5. The molecule has 1 aromatic heterocycles. The van der Waals surface area contributed by atoms with E-state index in [4.69, 9.17) is 5.73 Å². The smallest absolute Gasteiger partial charge is 0.231 e. The Bertz CT molecular complexity index is 718. The van der Waals surface area contributed by atoms with Crippen LogP contribution in [0.5, 0.6) is 0 Å². The largest absolute Gasteiger partial charge is 0.390 e. The Morgan fingerprint density at radius 2 is 1.96 bits per heavy atom. The number of nitrogens with two attached hydrogens (primary N) is 1. The number of hydrogen-bond acceptors (Lipinski definition) is 5. The molecule has 0 spiro atoms. The summed E-state index contributed by atoms with van der Waals surface area (Å²) >= 11 is 0. The van der Waals surface area contributed by atoms with Gasteiger partial charge in [0.15, 0.2) is 0 Å². The summed E-state index contributed by atoms with van der Waals surface area (Å²) in [7, 11) is 0. The number of primary amides is 1. The average molecular weight is 347 g/mol. The molecule has 3 rings (SSSR count). The quantitative estimate of drug-likeness (QED) is 0.717. The van der Waals surface area contributed by atoms with Crippen LogP contribution in [0.4, 0.5) is 4.39 Å². The molecule has 1 aliphatic heterocycles. The molecule has 1 atom stereocenters. The molecule has 1 aromatic carbocycles. The van der Waals surface area contributed by atoms with Crippen molar-refractivity contribution in [2.24, 2.45) is 5.73 Å². The molecule has 134 valence electrons. The number of aliphatic hydroxyl groups is 1. The molecule has 8 heteroatoms. The van der Waals surface area contributed by atoms with Crippen molar-refractivity contribution in [2.45, 2.75) is 12.6 Å². The number of aliphatic hydroxyl groups excluding tert-OH is 1. The van der Waals surface area contributed by atoms with E-state index in [2.05, 4.69) is 15.1 Å². The minimum absolute atomic E-state index is 0.150. The molecular weight excluding hydrogens is 325 g/mol. The van der Waals surface area contributed by atoms with Crippen LogP contribution in [0.1, 0.15) is 5.56 Å². The fourth-order valence-electron chi connectivity index (χ4n) is 3.17. The van der Waals surface area contributed by atoms with Crippen molar-refractivity contribution >= 4 is 5.91 Å². The third-order valence-electron chi connectivity index (χ3n) is 4.29. The van der Waals surface area contributed by atoms with Gasteiger partial charge in [0, 0.05) is 43.9 Å².